The third kappa shape index (κ3) is 4.47. The van der Waals surface area contributed by atoms with E-state index in [0.29, 0.717) is 32.7 Å². The van der Waals surface area contributed by atoms with Gasteiger partial charge in [0.15, 0.2) is 4.80 Å². The Bertz CT molecular complexity index is 1920. The van der Waals surface area contributed by atoms with E-state index in [9.17, 15) is 19.7 Å². The van der Waals surface area contributed by atoms with E-state index in [0.717, 1.165) is 16.5 Å². The Hall–Kier alpha value is -4.75. The minimum Gasteiger partial charge on any atom is -0.463 e. The molecule has 5 rings (SSSR count). The lowest BCUT2D eigenvalue weighted by Gasteiger charge is -2.24. The van der Waals surface area contributed by atoms with Crippen LogP contribution in [0.3, 0.4) is 0 Å². The summed E-state index contributed by atoms with van der Waals surface area (Å²) in [5.74, 6) is 2.02. The highest BCUT2D eigenvalue weighted by Gasteiger charge is 2.34. The molecule has 0 fully saturated rings. The predicted molar refractivity (Wildman–Crippen MR) is 149 cm³/mol. The van der Waals surface area contributed by atoms with Gasteiger partial charge in [-0.15, -0.1) is 6.42 Å². The van der Waals surface area contributed by atoms with E-state index in [4.69, 9.17) is 11.2 Å². The number of hydrogen-bond donors (Lipinski definition) is 0. The van der Waals surface area contributed by atoms with E-state index in [1.165, 1.54) is 22.0 Å². The number of benzene rings is 2. The first kappa shape index (κ1) is 25.9. The van der Waals surface area contributed by atoms with Crippen molar-refractivity contribution in [2.24, 2.45) is 4.99 Å². The molecule has 0 unspecified atom stereocenters. The number of fused-ring (bicyclic) bond motifs is 2. The lowest BCUT2D eigenvalue weighted by molar-refractivity contribution is -0.385. The van der Waals surface area contributed by atoms with Crippen molar-refractivity contribution < 1.29 is 14.5 Å². The van der Waals surface area contributed by atoms with Crippen molar-refractivity contribution in [2.75, 3.05) is 6.61 Å². The van der Waals surface area contributed by atoms with Gasteiger partial charge in [0.1, 0.15) is 0 Å². The van der Waals surface area contributed by atoms with Gasteiger partial charge in [0.25, 0.3) is 11.2 Å². The van der Waals surface area contributed by atoms with Crippen molar-refractivity contribution in [1.29, 1.82) is 0 Å². The van der Waals surface area contributed by atoms with E-state index in [-0.39, 0.29) is 23.4 Å². The summed E-state index contributed by atoms with van der Waals surface area (Å²) in [6, 6.07) is 11.5. The minimum atomic E-state index is -0.940. The molecule has 2 aromatic carbocycles. The first-order chi connectivity index (χ1) is 18.7. The molecule has 4 aromatic rings. The lowest BCUT2D eigenvalue weighted by Crippen LogP contribution is -2.40. The molecule has 2 aromatic heterocycles. The maximum absolute atomic E-state index is 13.9. The van der Waals surface area contributed by atoms with Gasteiger partial charge in [-0.2, -0.15) is 0 Å². The third-order valence-electron chi connectivity index (χ3n) is 6.63. The van der Waals surface area contributed by atoms with Crippen molar-refractivity contribution in [3.05, 3.63) is 106 Å². The van der Waals surface area contributed by atoms with Crippen molar-refractivity contribution in [3.8, 4) is 12.3 Å². The van der Waals surface area contributed by atoms with Crippen LogP contribution in [0.4, 0.5) is 5.69 Å². The molecule has 0 amide bonds. The summed E-state index contributed by atoms with van der Waals surface area (Å²) in [5, 5.41) is 12.6. The SMILES string of the molecule is C#CCn1cc(/C=c2/sc3n(c2=O)[C@@H](c2ccc(C)c([N+](=O)[O-])c2)C(C(=O)OCC)=C(C)N=3)c2ccccc21. The first-order valence-corrected chi connectivity index (χ1v) is 13.0. The van der Waals surface area contributed by atoms with Crippen LogP contribution in [0.2, 0.25) is 0 Å². The molecule has 1 aliphatic rings. The van der Waals surface area contributed by atoms with Crippen molar-refractivity contribution >= 4 is 40.0 Å². The zero-order valence-corrected chi connectivity index (χ0v) is 22.3. The fraction of sp³-hybridized carbons (Fsp3) is 0.207. The molecule has 0 saturated carbocycles. The Morgan fingerprint density at radius 3 is 2.77 bits per heavy atom. The summed E-state index contributed by atoms with van der Waals surface area (Å²) < 4.78 is 9.07. The number of aromatic nitrogens is 2. The Labute approximate surface area is 227 Å². The number of hydrogen-bond acceptors (Lipinski definition) is 7. The number of esters is 1. The fourth-order valence-corrected chi connectivity index (χ4v) is 5.90. The predicted octanol–water partition coefficient (Wildman–Crippen LogP) is 3.60. The molecule has 9 nitrogen and oxygen atoms in total. The van der Waals surface area contributed by atoms with Crippen LogP contribution in [0, 0.1) is 29.4 Å². The zero-order chi connectivity index (χ0) is 27.8. The number of nitro benzene ring substituents is 1. The van der Waals surface area contributed by atoms with E-state index in [1.54, 1.807) is 39.0 Å². The molecule has 0 spiro atoms. The number of nitro groups is 1. The van der Waals surface area contributed by atoms with E-state index < -0.39 is 16.9 Å². The highest BCUT2D eigenvalue weighted by atomic mass is 32.1. The van der Waals surface area contributed by atoms with Gasteiger partial charge in [-0.3, -0.25) is 19.5 Å². The number of terminal acetylenes is 1. The average molecular weight is 541 g/mol. The van der Waals surface area contributed by atoms with Gasteiger partial charge in [0, 0.05) is 34.3 Å². The Kier molecular flexibility index (Phi) is 6.76. The first-order valence-electron chi connectivity index (χ1n) is 12.2. The molecule has 0 radical (unpaired) electrons. The molecule has 1 aliphatic heterocycles. The van der Waals surface area contributed by atoms with Gasteiger partial charge in [-0.05, 0) is 38.5 Å². The highest BCUT2D eigenvalue weighted by molar-refractivity contribution is 7.07. The molecule has 10 heteroatoms. The van der Waals surface area contributed by atoms with Crippen LogP contribution in [0.25, 0.3) is 17.0 Å². The Morgan fingerprint density at radius 2 is 2.05 bits per heavy atom. The molecule has 0 N–H and O–H groups in total. The van der Waals surface area contributed by atoms with E-state index in [1.807, 2.05) is 35.0 Å². The molecular formula is C29H24N4O5S. The maximum Gasteiger partial charge on any atom is 0.338 e. The molecule has 1 atom stereocenters. The zero-order valence-electron chi connectivity index (χ0n) is 21.5. The van der Waals surface area contributed by atoms with Gasteiger partial charge in [-0.1, -0.05) is 47.6 Å². The topological polar surface area (TPSA) is 109 Å². The molecular weight excluding hydrogens is 516 g/mol. The number of para-hydroxylation sites is 1. The summed E-state index contributed by atoms with van der Waals surface area (Å²) in [4.78, 5) is 43.2. The van der Waals surface area contributed by atoms with Gasteiger partial charge in [0.2, 0.25) is 0 Å². The average Bonchev–Trinajstić information content (AvgIpc) is 3.40. The van der Waals surface area contributed by atoms with Crippen molar-refractivity contribution in [1.82, 2.24) is 9.13 Å². The van der Waals surface area contributed by atoms with Gasteiger partial charge < -0.3 is 9.30 Å². The van der Waals surface area contributed by atoms with Gasteiger partial charge in [-0.25, -0.2) is 9.79 Å². The number of ether oxygens (including phenoxy) is 1. The second-order valence-electron chi connectivity index (χ2n) is 9.04. The fourth-order valence-electron chi connectivity index (χ4n) is 4.86. The molecule has 39 heavy (non-hydrogen) atoms. The van der Waals surface area contributed by atoms with Crippen LogP contribution in [-0.4, -0.2) is 26.6 Å². The summed E-state index contributed by atoms with van der Waals surface area (Å²) in [6.45, 7) is 5.50. The second kappa shape index (κ2) is 10.2. The number of carbonyl (C=O) groups is 1. The van der Waals surface area contributed by atoms with Crippen LogP contribution in [0.1, 0.15) is 36.6 Å². The number of carbonyl (C=O) groups excluding carboxylic acids is 1. The van der Waals surface area contributed by atoms with Crippen LogP contribution < -0.4 is 14.9 Å². The number of thiazole rings is 1. The standard InChI is InChI=1S/C29H24N4O5S/c1-5-13-31-16-20(21-9-7-8-10-22(21)31)15-24-27(34)32-26(19-12-11-17(3)23(14-19)33(36)37)25(28(35)38-6-2)18(4)30-29(32)39-24/h1,7-12,14-16,26H,6,13H2,2-4H3/b24-15+/t26-/m0/s1. The summed E-state index contributed by atoms with van der Waals surface area (Å²) in [6.07, 6.45) is 9.25. The van der Waals surface area contributed by atoms with Crippen LogP contribution in [0.15, 0.2) is 69.7 Å². The number of nitrogens with zero attached hydrogens (tertiary/aromatic N) is 4. The van der Waals surface area contributed by atoms with Crippen molar-refractivity contribution in [2.45, 2.75) is 33.4 Å². The molecule has 196 valence electrons. The largest absolute Gasteiger partial charge is 0.463 e. The van der Waals surface area contributed by atoms with E-state index in [2.05, 4.69) is 10.9 Å². The van der Waals surface area contributed by atoms with Crippen LogP contribution >= 0.6 is 11.3 Å². The number of rotatable bonds is 6. The summed E-state index contributed by atoms with van der Waals surface area (Å²) >= 11 is 1.19. The van der Waals surface area contributed by atoms with Crippen LogP contribution in [-0.2, 0) is 16.1 Å². The number of aryl methyl sites for hydroxylation is 1. The normalized spacial score (nSPS) is 15.1. The lowest BCUT2D eigenvalue weighted by atomic mass is 9.94. The van der Waals surface area contributed by atoms with Crippen LogP contribution in [0.5, 0.6) is 0 Å². The molecule has 3 heterocycles. The monoisotopic (exact) mass is 540 g/mol. The second-order valence-corrected chi connectivity index (χ2v) is 10.0. The van der Waals surface area contributed by atoms with Gasteiger partial charge in [0.05, 0.1) is 39.9 Å². The maximum atomic E-state index is 13.9. The third-order valence-corrected chi connectivity index (χ3v) is 7.61. The smallest absolute Gasteiger partial charge is 0.338 e. The Balaban J connectivity index is 1.77. The van der Waals surface area contributed by atoms with Crippen molar-refractivity contribution in [3.63, 3.8) is 0 Å². The minimum absolute atomic E-state index is 0.103. The molecule has 0 saturated heterocycles. The number of allylic oxidation sites excluding steroid dienone is 1. The van der Waals surface area contributed by atoms with Gasteiger partial charge >= 0.3 is 5.97 Å². The molecule has 0 bridgehead atoms. The highest BCUT2D eigenvalue weighted by Crippen LogP contribution is 2.33. The van der Waals surface area contributed by atoms with E-state index >= 15 is 0 Å². The quantitative estimate of drug-likeness (QED) is 0.161. The molecule has 0 aliphatic carbocycles. The summed E-state index contributed by atoms with van der Waals surface area (Å²) in [5.41, 5.74) is 2.74. The summed E-state index contributed by atoms with van der Waals surface area (Å²) in [7, 11) is 0. The Morgan fingerprint density at radius 1 is 1.28 bits per heavy atom.